The zero-order valence-electron chi connectivity index (χ0n) is 34.3. The van der Waals surface area contributed by atoms with E-state index in [4.69, 9.17) is 4.74 Å². The van der Waals surface area contributed by atoms with Crippen molar-refractivity contribution in [2.24, 2.45) is 21.7 Å². The first-order chi connectivity index (χ1) is 20.6. The van der Waals surface area contributed by atoms with Crippen LogP contribution in [0.25, 0.3) is 0 Å². The zero-order valence-corrected chi connectivity index (χ0v) is 38.6. The van der Waals surface area contributed by atoms with Crippen molar-refractivity contribution in [3.8, 4) is 11.5 Å². The topological polar surface area (TPSA) is 9.23 Å². The molecule has 0 aliphatic carbocycles. The highest BCUT2D eigenvalue weighted by atomic mass is 127. The molecule has 0 atom stereocenters. The van der Waals surface area contributed by atoms with Gasteiger partial charge in [-0.2, -0.15) is 0 Å². The van der Waals surface area contributed by atoms with Gasteiger partial charge in [-0.15, -0.1) is 0 Å². The maximum atomic E-state index is 7.48. The molecule has 3 heteroatoms. The van der Waals surface area contributed by atoms with E-state index in [2.05, 4.69) is 208 Å². The minimum absolute atomic E-state index is 0.0289. The molecule has 47 heavy (non-hydrogen) atoms. The first-order valence-corrected chi connectivity index (χ1v) is 20.1. The summed E-state index contributed by atoms with van der Waals surface area (Å²) in [6.07, 6.45) is 4.31. The van der Waals surface area contributed by atoms with Crippen LogP contribution in [0, 0.1) is 28.8 Å². The van der Waals surface area contributed by atoms with Crippen molar-refractivity contribution >= 4 is 45.2 Å². The average molecular weight is 871 g/mol. The molecule has 268 valence electrons. The summed E-state index contributed by atoms with van der Waals surface area (Å²) in [5, 5.41) is 0. The van der Waals surface area contributed by atoms with Gasteiger partial charge in [0.1, 0.15) is 11.5 Å². The Morgan fingerprint density at radius 2 is 0.574 bits per heavy atom. The molecule has 0 N–H and O–H groups in total. The fourth-order valence-electron chi connectivity index (χ4n) is 9.73. The van der Waals surface area contributed by atoms with Gasteiger partial charge in [0.2, 0.25) is 0 Å². The maximum absolute atomic E-state index is 7.48. The third-order valence-corrected chi connectivity index (χ3v) is 10.8. The Balaban J connectivity index is 3.12. The molecule has 0 radical (unpaired) electrons. The van der Waals surface area contributed by atoms with Crippen molar-refractivity contribution in [1.29, 1.82) is 0 Å². The molecule has 0 aliphatic heterocycles. The minimum Gasteiger partial charge on any atom is -0.457 e. The van der Waals surface area contributed by atoms with Crippen LogP contribution < -0.4 is 4.74 Å². The second-order valence-electron chi connectivity index (χ2n) is 22.2. The number of hydrogen-bond donors (Lipinski definition) is 0. The van der Waals surface area contributed by atoms with Crippen molar-refractivity contribution in [2.45, 2.75) is 186 Å². The SMILES string of the molecule is CC(C)(C)CC(C)(C)c1c(I)ccc(Oc2ccc(I)c(C(C)(C)CC(C)(C)C)c2C(C)(C)CC(C)(C)C)c1C(C)(C)CC(C)(C)C. The average Bonchev–Trinajstić information content (AvgIpc) is 2.73. The Morgan fingerprint density at radius 1 is 0.362 bits per heavy atom. The summed E-state index contributed by atoms with van der Waals surface area (Å²) >= 11 is 5.20. The van der Waals surface area contributed by atoms with Gasteiger partial charge in [-0.25, -0.2) is 0 Å². The van der Waals surface area contributed by atoms with Gasteiger partial charge in [-0.05, 0) is 150 Å². The lowest BCUT2D eigenvalue weighted by molar-refractivity contribution is 0.254. The highest BCUT2D eigenvalue weighted by Gasteiger charge is 2.42. The van der Waals surface area contributed by atoms with Gasteiger partial charge in [-0.3, -0.25) is 0 Å². The van der Waals surface area contributed by atoms with Crippen LogP contribution >= 0.6 is 45.2 Å². The summed E-state index contributed by atoms with van der Waals surface area (Å²) in [7, 11) is 0. The zero-order chi connectivity index (χ0) is 37.0. The molecule has 1 nitrogen and oxygen atoms in total. The lowest BCUT2D eigenvalue weighted by Gasteiger charge is -2.43. The number of ether oxygens (including phenoxy) is 1. The predicted octanol–water partition coefficient (Wildman–Crippen LogP) is 15.5. The van der Waals surface area contributed by atoms with Crippen LogP contribution in [0.5, 0.6) is 11.5 Å². The lowest BCUT2D eigenvalue weighted by Crippen LogP contribution is -2.34. The molecule has 0 unspecified atom stereocenters. The van der Waals surface area contributed by atoms with E-state index < -0.39 is 0 Å². The molecule has 2 aromatic rings. The van der Waals surface area contributed by atoms with Crippen molar-refractivity contribution in [1.82, 2.24) is 0 Å². The largest absolute Gasteiger partial charge is 0.457 e. The van der Waals surface area contributed by atoms with Crippen molar-refractivity contribution in [3.63, 3.8) is 0 Å². The lowest BCUT2D eigenvalue weighted by atomic mass is 9.64. The third-order valence-electron chi connectivity index (χ3n) is 9.05. The molecule has 0 saturated heterocycles. The summed E-state index contributed by atoms with van der Waals surface area (Å²) < 4.78 is 10.2. The van der Waals surface area contributed by atoms with Crippen molar-refractivity contribution < 1.29 is 4.74 Å². The van der Waals surface area contributed by atoms with E-state index in [0.29, 0.717) is 0 Å². The minimum atomic E-state index is -0.0993. The van der Waals surface area contributed by atoms with Crippen LogP contribution in [0.15, 0.2) is 24.3 Å². The van der Waals surface area contributed by atoms with Gasteiger partial charge < -0.3 is 4.74 Å². The van der Waals surface area contributed by atoms with Gasteiger partial charge in [0, 0.05) is 18.3 Å². The van der Waals surface area contributed by atoms with Crippen LogP contribution in [-0.2, 0) is 21.7 Å². The van der Waals surface area contributed by atoms with E-state index in [1.807, 2.05) is 0 Å². The molecule has 0 aromatic heterocycles. The molecular weight excluding hydrogens is 798 g/mol. The summed E-state index contributed by atoms with van der Waals surface area (Å²) in [6.45, 7) is 48.1. The Bertz CT molecular complexity index is 1290. The van der Waals surface area contributed by atoms with Crippen LogP contribution in [0.4, 0.5) is 0 Å². The summed E-state index contributed by atoms with van der Waals surface area (Å²) in [5.74, 6) is 2.04. The molecule has 0 bridgehead atoms. The van der Waals surface area contributed by atoms with Crippen molar-refractivity contribution in [2.75, 3.05) is 0 Å². The summed E-state index contributed by atoms with van der Waals surface area (Å²) in [6, 6.07) is 9.17. The summed E-state index contributed by atoms with van der Waals surface area (Å²) in [4.78, 5) is 0. The Labute approximate surface area is 320 Å². The second-order valence-corrected chi connectivity index (χ2v) is 24.5. The van der Waals surface area contributed by atoms with Crippen LogP contribution in [0.1, 0.15) is 186 Å². The molecule has 0 fully saturated rings. The van der Waals surface area contributed by atoms with Gasteiger partial charge in [0.15, 0.2) is 0 Å². The summed E-state index contributed by atoms with van der Waals surface area (Å²) in [5.41, 5.74) is 6.13. The fraction of sp³-hybridized carbons (Fsp3) is 0.727. The van der Waals surface area contributed by atoms with Gasteiger partial charge >= 0.3 is 0 Å². The number of hydrogen-bond acceptors (Lipinski definition) is 1. The van der Waals surface area contributed by atoms with Crippen LogP contribution in [-0.4, -0.2) is 0 Å². The first kappa shape index (κ1) is 42.9. The Hall–Kier alpha value is -0.300. The predicted molar refractivity (Wildman–Crippen MR) is 227 cm³/mol. The molecular formula is C44H72I2O. The second kappa shape index (κ2) is 14.0. The van der Waals surface area contributed by atoms with Gasteiger partial charge in [-0.1, -0.05) is 138 Å². The first-order valence-electron chi connectivity index (χ1n) is 17.9. The Kier molecular flexibility index (Phi) is 12.8. The fourth-order valence-corrected chi connectivity index (χ4v) is 12.1. The maximum Gasteiger partial charge on any atom is 0.131 e. The monoisotopic (exact) mass is 870 g/mol. The van der Waals surface area contributed by atoms with E-state index in [0.717, 1.165) is 37.2 Å². The quantitative estimate of drug-likeness (QED) is 0.216. The van der Waals surface area contributed by atoms with E-state index in [1.165, 1.54) is 29.4 Å². The molecule has 2 aromatic carbocycles. The molecule has 0 aliphatic rings. The molecule has 0 heterocycles. The van der Waals surface area contributed by atoms with Gasteiger partial charge in [0.05, 0.1) is 0 Å². The molecule has 0 amide bonds. The smallest absolute Gasteiger partial charge is 0.131 e. The molecule has 0 saturated carbocycles. The van der Waals surface area contributed by atoms with Gasteiger partial charge in [0.25, 0.3) is 0 Å². The van der Waals surface area contributed by atoms with E-state index >= 15 is 0 Å². The third kappa shape index (κ3) is 11.9. The highest BCUT2D eigenvalue weighted by molar-refractivity contribution is 14.1. The number of rotatable bonds is 10. The normalized spacial score (nSPS) is 14.5. The van der Waals surface area contributed by atoms with Crippen LogP contribution in [0.3, 0.4) is 0 Å². The standard InChI is InChI=1S/C44H72I2O/c1-37(2,3)25-41(13,14)33-29(45)21-23-31(35(33)43(17,18)27-39(7,8)9)47-32-24-22-30(46)34(42(15,16)26-38(4,5)6)36(32)44(19,20)28-40(10,11)12/h21-24H,25-28H2,1-20H3. The number of benzene rings is 2. The van der Waals surface area contributed by atoms with Crippen molar-refractivity contribution in [3.05, 3.63) is 53.7 Å². The van der Waals surface area contributed by atoms with E-state index in [9.17, 15) is 0 Å². The molecule has 2 rings (SSSR count). The van der Waals surface area contributed by atoms with E-state index in [-0.39, 0.29) is 43.3 Å². The number of halogens is 2. The molecule has 0 spiro atoms. The highest BCUT2D eigenvalue weighted by Crippen LogP contribution is 2.53. The van der Waals surface area contributed by atoms with E-state index in [1.54, 1.807) is 0 Å². The Morgan fingerprint density at radius 3 is 0.787 bits per heavy atom. The van der Waals surface area contributed by atoms with Crippen LogP contribution in [0.2, 0.25) is 0 Å².